The summed E-state index contributed by atoms with van der Waals surface area (Å²) in [6.45, 7) is 0. The van der Waals surface area contributed by atoms with Crippen molar-refractivity contribution >= 4 is 55.7 Å². The predicted molar refractivity (Wildman–Crippen MR) is 122 cm³/mol. The Bertz CT molecular complexity index is 1260. The molecular weight excluding hydrogens is 416 g/mol. The number of methoxy groups -OCH3 is 2. The van der Waals surface area contributed by atoms with Crippen LogP contribution in [0.5, 0.6) is 5.75 Å². The van der Waals surface area contributed by atoms with Crippen molar-refractivity contribution in [3.8, 4) is 5.75 Å². The summed E-state index contributed by atoms with van der Waals surface area (Å²) in [6, 6.07) is 12.7. The number of fused-ring (bicyclic) bond motifs is 1. The lowest BCUT2D eigenvalue weighted by atomic mass is 10.1. The number of carbonyl (C=O) groups is 1. The minimum atomic E-state index is -0.446. The molecule has 0 unspecified atom stereocenters. The average Bonchev–Trinajstić information content (AvgIpc) is 3.21. The number of hydrogen-bond acceptors (Lipinski definition) is 10. The molecule has 0 aliphatic heterocycles. The Morgan fingerprint density at radius 3 is 2.74 bits per heavy atom. The number of para-hydroxylation sites is 1. The molecular formula is C21H20N6O3S. The number of nitrogens with zero attached hydrogens (tertiary/aromatic N) is 4. The molecule has 0 aliphatic carbocycles. The SMILES string of the molecule is COC(=O)c1ccccc1N(C)c1ncnc(Nc2nc3ccc(OC)cc3s2)c1N. The van der Waals surface area contributed by atoms with Gasteiger partial charge in [0.05, 0.1) is 35.7 Å². The van der Waals surface area contributed by atoms with Crippen LogP contribution in [0.1, 0.15) is 10.4 Å². The van der Waals surface area contributed by atoms with Crippen LogP contribution in [0.15, 0.2) is 48.8 Å². The van der Waals surface area contributed by atoms with E-state index in [9.17, 15) is 4.79 Å². The third-order valence-corrected chi connectivity index (χ3v) is 5.61. The summed E-state index contributed by atoms with van der Waals surface area (Å²) >= 11 is 1.46. The quantitative estimate of drug-likeness (QED) is 0.433. The number of thiazole rings is 1. The first kappa shape index (κ1) is 20.4. The molecule has 2 heterocycles. The summed E-state index contributed by atoms with van der Waals surface area (Å²) in [5.74, 6) is 1.17. The van der Waals surface area contributed by atoms with Crippen LogP contribution in [-0.2, 0) is 4.74 Å². The van der Waals surface area contributed by atoms with Gasteiger partial charge in [0.15, 0.2) is 16.8 Å². The molecule has 0 saturated carbocycles. The van der Waals surface area contributed by atoms with Gasteiger partial charge < -0.3 is 25.4 Å². The fourth-order valence-corrected chi connectivity index (χ4v) is 4.00. The highest BCUT2D eigenvalue weighted by molar-refractivity contribution is 7.22. The van der Waals surface area contributed by atoms with Gasteiger partial charge in [0.2, 0.25) is 0 Å². The summed E-state index contributed by atoms with van der Waals surface area (Å²) in [6.07, 6.45) is 1.40. The Morgan fingerprint density at radius 1 is 1.16 bits per heavy atom. The molecule has 0 aliphatic rings. The third-order valence-electron chi connectivity index (χ3n) is 4.67. The molecule has 10 heteroatoms. The van der Waals surface area contributed by atoms with Gasteiger partial charge in [0, 0.05) is 7.05 Å². The summed E-state index contributed by atoms with van der Waals surface area (Å²) < 4.78 is 11.1. The zero-order valence-corrected chi connectivity index (χ0v) is 17.9. The van der Waals surface area contributed by atoms with E-state index in [1.807, 2.05) is 24.3 Å². The van der Waals surface area contributed by atoms with E-state index >= 15 is 0 Å². The number of benzene rings is 2. The van der Waals surface area contributed by atoms with Crippen molar-refractivity contribution < 1.29 is 14.3 Å². The van der Waals surface area contributed by atoms with E-state index in [0.717, 1.165) is 16.0 Å². The van der Waals surface area contributed by atoms with Gasteiger partial charge >= 0.3 is 5.97 Å². The number of nitrogens with two attached hydrogens (primary N) is 1. The van der Waals surface area contributed by atoms with Crippen LogP contribution in [0.25, 0.3) is 10.2 Å². The monoisotopic (exact) mass is 436 g/mol. The van der Waals surface area contributed by atoms with E-state index in [4.69, 9.17) is 15.2 Å². The van der Waals surface area contributed by atoms with E-state index in [1.165, 1.54) is 24.8 Å². The first-order valence-electron chi connectivity index (χ1n) is 9.25. The number of esters is 1. The van der Waals surface area contributed by atoms with Gasteiger partial charge in [0.25, 0.3) is 0 Å². The zero-order valence-electron chi connectivity index (χ0n) is 17.1. The number of aromatic nitrogens is 3. The summed E-state index contributed by atoms with van der Waals surface area (Å²) in [5.41, 5.74) is 8.55. The van der Waals surface area contributed by atoms with Gasteiger partial charge in [-0.2, -0.15) is 0 Å². The highest BCUT2D eigenvalue weighted by Crippen LogP contribution is 2.36. The molecule has 2 aromatic heterocycles. The lowest BCUT2D eigenvalue weighted by molar-refractivity contribution is 0.0601. The van der Waals surface area contributed by atoms with Crippen molar-refractivity contribution in [1.29, 1.82) is 0 Å². The summed E-state index contributed by atoms with van der Waals surface area (Å²) in [4.78, 5) is 27.0. The zero-order chi connectivity index (χ0) is 22.0. The van der Waals surface area contributed by atoms with Crippen LogP contribution in [0.3, 0.4) is 0 Å². The number of nitrogens with one attached hydrogen (secondary N) is 1. The Balaban J connectivity index is 1.67. The van der Waals surface area contributed by atoms with Crippen LogP contribution in [-0.4, -0.2) is 42.2 Å². The van der Waals surface area contributed by atoms with Gasteiger partial charge in [-0.1, -0.05) is 23.5 Å². The van der Waals surface area contributed by atoms with Crippen LogP contribution >= 0.6 is 11.3 Å². The molecule has 0 radical (unpaired) electrons. The van der Waals surface area contributed by atoms with Crippen molar-refractivity contribution in [2.45, 2.75) is 0 Å². The number of carbonyl (C=O) groups excluding carboxylic acids is 1. The lowest BCUT2D eigenvalue weighted by Crippen LogP contribution is -2.18. The first-order valence-corrected chi connectivity index (χ1v) is 10.1. The summed E-state index contributed by atoms with van der Waals surface area (Å²) in [7, 11) is 4.74. The molecule has 0 fully saturated rings. The molecule has 31 heavy (non-hydrogen) atoms. The number of anilines is 5. The minimum Gasteiger partial charge on any atom is -0.497 e. The Labute approximate surface area is 182 Å². The second-order valence-electron chi connectivity index (χ2n) is 6.50. The van der Waals surface area contributed by atoms with E-state index in [-0.39, 0.29) is 0 Å². The largest absolute Gasteiger partial charge is 0.497 e. The van der Waals surface area contributed by atoms with E-state index < -0.39 is 5.97 Å². The van der Waals surface area contributed by atoms with Gasteiger partial charge in [-0.15, -0.1) is 0 Å². The molecule has 9 nitrogen and oxygen atoms in total. The molecule has 158 valence electrons. The van der Waals surface area contributed by atoms with Gasteiger partial charge in [0.1, 0.15) is 17.8 Å². The second kappa shape index (κ2) is 8.44. The molecule has 0 bridgehead atoms. The fraction of sp³-hybridized carbons (Fsp3) is 0.143. The minimum absolute atomic E-state index is 0.321. The van der Waals surface area contributed by atoms with Crippen molar-refractivity contribution in [2.24, 2.45) is 0 Å². The highest BCUT2D eigenvalue weighted by Gasteiger charge is 2.20. The third kappa shape index (κ3) is 3.92. The smallest absolute Gasteiger partial charge is 0.339 e. The topological polar surface area (TPSA) is 115 Å². The van der Waals surface area contributed by atoms with Crippen LogP contribution in [0.4, 0.5) is 28.1 Å². The van der Waals surface area contributed by atoms with Crippen LogP contribution in [0, 0.1) is 0 Å². The summed E-state index contributed by atoms with van der Waals surface area (Å²) in [5, 5.41) is 3.80. The van der Waals surface area contributed by atoms with Crippen molar-refractivity contribution in [1.82, 2.24) is 15.0 Å². The van der Waals surface area contributed by atoms with E-state index in [2.05, 4.69) is 20.3 Å². The standard InChI is InChI=1S/C21H20N6O3S/c1-27(15-7-5-4-6-13(15)20(28)30-3)19-17(22)18(23-11-24-19)26-21-25-14-9-8-12(29-2)10-16(14)31-21/h4-11H,22H2,1-3H3,(H,23,24,25,26). The molecule has 0 amide bonds. The molecule has 0 atom stereocenters. The van der Waals surface area contributed by atoms with Crippen molar-refractivity contribution in [3.63, 3.8) is 0 Å². The predicted octanol–water partition coefficient (Wildman–Crippen LogP) is 3.98. The maximum atomic E-state index is 12.2. The van der Waals surface area contributed by atoms with E-state index in [0.29, 0.717) is 33.7 Å². The Morgan fingerprint density at radius 2 is 1.97 bits per heavy atom. The maximum Gasteiger partial charge on any atom is 0.339 e. The molecule has 0 saturated heterocycles. The number of nitrogen functional groups attached to an aromatic ring is 1. The molecule has 4 rings (SSSR count). The maximum absolute atomic E-state index is 12.2. The molecule has 3 N–H and O–H groups in total. The van der Waals surface area contributed by atoms with Crippen molar-refractivity contribution in [3.05, 3.63) is 54.4 Å². The van der Waals surface area contributed by atoms with E-state index in [1.54, 1.807) is 37.3 Å². The Kier molecular flexibility index (Phi) is 5.54. The van der Waals surface area contributed by atoms with Gasteiger partial charge in [-0.3, -0.25) is 0 Å². The fourth-order valence-electron chi connectivity index (χ4n) is 3.10. The number of ether oxygens (including phenoxy) is 2. The molecule has 2 aromatic carbocycles. The van der Waals surface area contributed by atoms with Crippen molar-refractivity contribution in [2.75, 3.05) is 37.2 Å². The first-order chi connectivity index (χ1) is 15.0. The average molecular weight is 436 g/mol. The lowest BCUT2D eigenvalue weighted by Gasteiger charge is -2.22. The Hall–Kier alpha value is -3.92. The normalized spacial score (nSPS) is 10.7. The van der Waals surface area contributed by atoms with Crippen LogP contribution in [0.2, 0.25) is 0 Å². The number of hydrogen-bond donors (Lipinski definition) is 2. The van der Waals surface area contributed by atoms with Gasteiger partial charge in [-0.05, 0) is 30.3 Å². The number of rotatable bonds is 6. The molecule has 4 aromatic rings. The molecule has 0 spiro atoms. The highest BCUT2D eigenvalue weighted by atomic mass is 32.1. The second-order valence-corrected chi connectivity index (χ2v) is 7.54. The van der Waals surface area contributed by atoms with Gasteiger partial charge in [-0.25, -0.2) is 19.7 Å². The van der Waals surface area contributed by atoms with Crippen LogP contribution < -0.4 is 20.7 Å².